The zero-order valence-corrected chi connectivity index (χ0v) is 19.2. The van der Waals surface area contributed by atoms with E-state index in [1.165, 1.54) is 24.3 Å². The van der Waals surface area contributed by atoms with Gasteiger partial charge in [-0.3, -0.25) is 4.72 Å². The fourth-order valence-corrected chi connectivity index (χ4v) is 4.91. The van der Waals surface area contributed by atoms with Gasteiger partial charge in [-0.15, -0.1) is 0 Å². The first kappa shape index (κ1) is 23.6. The number of nitrogens with one attached hydrogen (secondary N) is 1. The smallest absolute Gasteiger partial charge is 0.417 e. The predicted molar refractivity (Wildman–Crippen MR) is 129 cm³/mol. The number of nitrogens with zero attached hydrogens (tertiary/aromatic N) is 1. The van der Waals surface area contributed by atoms with Crippen molar-refractivity contribution in [2.45, 2.75) is 17.5 Å². The Hall–Kier alpha value is -4.18. The van der Waals surface area contributed by atoms with Crippen molar-refractivity contribution in [2.75, 3.05) is 4.72 Å². The van der Waals surface area contributed by atoms with Crippen LogP contribution in [0.5, 0.6) is 0 Å². The summed E-state index contributed by atoms with van der Waals surface area (Å²) in [5.41, 5.74) is -1.08. The molecule has 0 unspecified atom stereocenters. The van der Waals surface area contributed by atoms with Crippen LogP contribution in [0.3, 0.4) is 0 Å². The van der Waals surface area contributed by atoms with E-state index in [1.807, 2.05) is 24.3 Å². The lowest BCUT2D eigenvalue weighted by Gasteiger charge is -2.11. The SMILES string of the molecule is O=c1cc(C(F)(F)F)c2cc(Cc3ccc(S(=O)(=O)Nc4cc5ccccc5cn4)cc3)ccc2o1. The van der Waals surface area contributed by atoms with E-state index in [2.05, 4.69) is 9.71 Å². The average Bonchev–Trinajstić information content (AvgIpc) is 2.83. The lowest BCUT2D eigenvalue weighted by molar-refractivity contribution is -0.136. The van der Waals surface area contributed by atoms with Gasteiger partial charge in [-0.2, -0.15) is 13.2 Å². The van der Waals surface area contributed by atoms with Crippen LogP contribution in [0.25, 0.3) is 21.7 Å². The summed E-state index contributed by atoms with van der Waals surface area (Å²) in [5, 5.41) is 1.50. The number of hydrogen-bond acceptors (Lipinski definition) is 5. The Morgan fingerprint density at radius 1 is 0.861 bits per heavy atom. The van der Waals surface area contributed by atoms with Crippen molar-refractivity contribution in [1.29, 1.82) is 0 Å². The molecule has 0 spiro atoms. The molecule has 0 aliphatic carbocycles. The Morgan fingerprint density at radius 3 is 2.28 bits per heavy atom. The van der Waals surface area contributed by atoms with Crippen LogP contribution in [0.4, 0.5) is 19.0 Å². The lowest BCUT2D eigenvalue weighted by atomic mass is 10.0. The van der Waals surface area contributed by atoms with E-state index in [-0.39, 0.29) is 28.1 Å². The Labute approximate surface area is 203 Å². The number of alkyl halides is 3. The maximum absolute atomic E-state index is 13.4. The maximum atomic E-state index is 13.4. The molecular weight excluding hydrogens is 493 g/mol. The molecule has 36 heavy (non-hydrogen) atoms. The van der Waals surface area contributed by atoms with Crippen LogP contribution in [0, 0.1) is 0 Å². The first-order valence-electron chi connectivity index (χ1n) is 10.7. The highest BCUT2D eigenvalue weighted by Crippen LogP contribution is 2.34. The summed E-state index contributed by atoms with van der Waals surface area (Å²) >= 11 is 0. The summed E-state index contributed by atoms with van der Waals surface area (Å²) < 4.78 is 73.2. The fraction of sp³-hybridized carbons (Fsp3) is 0.0769. The van der Waals surface area contributed by atoms with Gasteiger partial charge in [-0.05, 0) is 53.3 Å². The summed E-state index contributed by atoms with van der Waals surface area (Å²) in [6.07, 6.45) is -2.89. The van der Waals surface area contributed by atoms with Crippen LogP contribution in [0.1, 0.15) is 16.7 Å². The largest absolute Gasteiger partial charge is 0.423 e. The predicted octanol–water partition coefficient (Wildman–Crippen LogP) is 5.75. The molecule has 0 saturated heterocycles. The molecule has 182 valence electrons. The van der Waals surface area contributed by atoms with Crippen LogP contribution in [-0.2, 0) is 22.6 Å². The molecule has 0 aliphatic rings. The zero-order chi connectivity index (χ0) is 25.5. The zero-order valence-electron chi connectivity index (χ0n) is 18.4. The van der Waals surface area contributed by atoms with Gasteiger partial charge in [0.1, 0.15) is 11.4 Å². The Bertz CT molecular complexity index is 1760. The Kier molecular flexibility index (Phi) is 5.76. The number of anilines is 1. The minimum absolute atomic E-state index is 0.0147. The number of halogens is 3. The van der Waals surface area contributed by atoms with Crippen molar-refractivity contribution < 1.29 is 26.0 Å². The van der Waals surface area contributed by atoms with Crippen molar-refractivity contribution in [2.24, 2.45) is 0 Å². The van der Waals surface area contributed by atoms with E-state index in [4.69, 9.17) is 4.42 Å². The molecule has 2 heterocycles. The van der Waals surface area contributed by atoms with Crippen molar-refractivity contribution in [3.8, 4) is 0 Å². The van der Waals surface area contributed by atoms with Crippen LogP contribution in [0.15, 0.2) is 99.2 Å². The van der Waals surface area contributed by atoms with Gasteiger partial charge in [0.2, 0.25) is 0 Å². The normalized spacial score (nSPS) is 12.2. The minimum Gasteiger partial charge on any atom is -0.423 e. The Morgan fingerprint density at radius 2 is 1.56 bits per heavy atom. The summed E-state index contributed by atoms with van der Waals surface area (Å²) in [7, 11) is -3.91. The third kappa shape index (κ3) is 4.80. The average molecular weight is 510 g/mol. The molecular formula is C26H17F3N2O4S. The van der Waals surface area contributed by atoms with E-state index in [1.54, 1.807) is 30.5 Å². The number of hydrogen-bond donors (Lipinski definition) is 1. The van der Waals surface area contributed by atoms with Gasteiger partial charge >= 0.3 is 11.8 Å². The number of rotatable bonds is 5. The monoisotopic (exact) mass is 510 g/mol. The highest BCUT2D eigenvalue weighted by Gasteiger charge is 2.33. The van der Waals surface area contributed by atoms with Gasteiger partial charge in [0.15, 0.2) is 0 Å². The third-order valence-electron chi connectivity index (χ3n) is 5.62. The quantitative estimate of drug-likeness (QED) is 0.304. The number of aromatic nitrogens is 1. The standard InChI is InChI=1S/C26H17F3N2O4S/c27-26(28,29)22-14-25(32)35-23-10-7-17(12-21(22)23)11-16-5-8-20(9-6-16)36(33,34)31-24-13-18-3-1-2-4-19(18)15-30-24/h1-10,12-15H,11H2,(H,30,31). The van der Waals surface area contributed by atoms with Crippen molar-refractivity contribution in [1.82, 2.24) is 4.98 Å². The van der Waals surface area contributed by atoms with Crippen LogP contribution >= 0.6 is 0 Å². The summed E-state index contributed by atoms with van der Waals surface area (Å²) in [6.45, 7) is 0. The van der Waals surface area contributed by atoms with E-state index < -0.39 is 27.4 Å². The second-order valence-corrected chi connectivity index (χ2v) is 9.83. The van der Waals surface area contributed by atoms with E-state index in [9.17, 15) is 26.4 Å². The number of fused-ring (bicyclic) bond motifs is 2. The topological polar surface area (TPSA) is 89.3 Å². The molecule has 0 saturated carbocycles. The molecule has 10 heteroatoms. The first-order valence-corrected chi connectivity index (χ1v) is 12.2. The summed E-state index contributed by atoms with van der Waals surface area (Å²) in [5.74, 6) is 0.182. The van der Waals surface area contributed by atoms with E-state index >= 15 is 0 Å². The van der Waals surface area contributed by atoms with Gasteiger partial charge in [-0.1, -0.05) is 42.5 Å². The first-order chi connectivity index (χ1) is 17.1. The van der Waals surface area contributed by atoms with Gasteiger partial charge < -0.3 is 4.42 Å². The second-order valence-electron chi connectivity index (χ2n) is 8.15. The third-order valence-corrected chi connectivity index (χ3v) is 6.99. The molecule has 6 nitrogen and oxygen atoms in total. The molecule has 2 aromatic heterocycles. The fourth-order valence-electron chi connectivity index (χ4n) is 3.91. The molecule has 0 bridgehead atoms. The molecule has 0 fully saturated rings. The molecule has 0 amide bonds. The van der Waals surface area contributed by atoms with Gasteiger partial charge in [0.25, 0.3) is 10.0 Å². The highest BCUT2D eigenvalue weighted by atomic mass is 32.2. The van der Waals surface area contributed by atoms with Crippen LogP contribution in [0.2, 0.25) is 0 Å². The van der Waals surface area contributed by atoms with Crippen molar-refractivity contribution >= 4 is 37.6 Å². The summed E-state index contributed by atoms with van der Waals surface area (Å²) in [6, 6.07) is 19.7. The second kappa shape index (κ2) is 8.80. The van der Waals surface area contributed by atoms with Crippen molar-refractivity contribution in [3.63, 3.8) is 0 Å². The summed E-state index contributed by atoms with van der Waals surface area (Å²) in [4.78, 5) is 15.7. The number of sulfonamides is 1. The molecule has 3 aromatic carbocycles. The molecule has 1 N–H and O–H groups in total. The molecule has 5 rings (SSSR count). The highest BCUT2D eigenvalue weighted by molar-refractivity contribution is 7.92. The molecule has 0 atom stereocenters. The van der Waals surface area contributed by atoms with Gasteiger partial charge in [-0.25, -0.2) is 18.2 Å². The number of pyridine rings is 1. The van der Waals surface area contributed by atoms with Crippen LogP contribution in [-0.4, -0.2) is 13.4 Å². The Balaban J connectivity index is 1.38. The van der Waals surface area contributed by atoms with Gasteiger partial charge in [0, 0.05) is 23.0 Å². The number of benzene rings is 3. The van der Waals surface area contributed by atoms with Crippen LogP contribution < -0.4 is 10.3 Å². The maximum Gasteiger partial charge on any atom is 0.417 e. The molecule has 0 aliphatic heterocycles. The van der Waals surface area contributed by atoms with E-state index in [0.29, 0.717) is 17.2 Å². The van der Waals surface area contributed by atoms with Gasteiger partial charge in [0.05, 0.1) is 10.5 Å². The minimum atomic E-state index is -4.71. The lowest BCUT2D eigenvalue weighted by Crippen LogP contribution is -2.13. The van der Waals surface area contributed by atoms with Crippen molar-refractivity contribution in [3.05, 3.63) is 112 Å². The molecule has 5 aromatic rings. The van der Waals surface area contributed by atoms with E-state index in [0.717, 1.165) is 10.8 Å². The molecule has 0 radical (unpaired) electrons.